The molecule has 2 nitrogen and oxygen atoms in total. The van der Waals surface area contributed by atoms with Gasteiger partial charge in [-0.1, -0.05) is 30.3 Å². The van der Waals surface area contributed by atoms with E-state index in [4.69, 9.17) is 5.84 Å². The Morgan fingerprint density at radius 1 is 1.27 bits per heavy atom. The van der Waals surface area contributed by atoms with Gasteiger partial charge in [0.05, 0.1) is 6.04 Å². The summed E-state index contributed by atoms with van der Waals surface area (Å²) in [5.74, 6) is 5.59. The van der Waals surface area contributed by atoms with Crippen LogP contribution in [0.25, 0.3) is 0 Å². The topological polar surface area (TPSA) is 38.0 Å². The lowest BCUT2D eigenvalue weighted by atomic mass is 10.1. The van der Waals surface area contributed by atoms with Crippen molar-refractivity contribution in [3.05, 3.63) is 56.7 Å². The zero-order chi connectivity index (χ0) is 10.7. The molecule has 2 rings (SSSR count). The number of halogens is 1. The predicted molar refractivity (Wildman–Crippen MR) is 67.6 cm³/mol. The summed E-state index contributed by atoms with van der Waals surface area (Å²) < 4.78 is 1.10. The first-order chi connectivity index (χ1) is 7.31. The van der Waals surface area contributed by atoms with Gasteiger partial charge in [-0.2, -0.15) is 0 Å². The number of nitrogens with two attached hydrogens (primary N) is 1. The van der Waals surface area contributed by atoms with Gasteiger partial charge in [0.15, 0.2) is 0 Å². The van der Waals surface area contributed by atoms with Crippen LogP contribution in [0, 0.1) is 0 Å². The predicted octanol–water partition coefficient (Wildman–Crippen LogP) is 3.06. The molecule has 4 heteroatoms. The number of rotatable bonds is 3. The Morgan fingerprint density at radius 3 is 2.53 bits per heavy atom. The van der Waals surface area contributed by atoms with Crippen molar-refractivity contribution in [2.24, 2.45) is 5.84 Å². The smallest absolute Gasteiger partial charge is 0.0802 e. The van der Waals surface area contributed by atoms with Crippen LogP contribution in [-0.2, 0) is 0 Å². The number of thiophene rings is 1. The molecule has 1 unspecified atom stereocenters. The number of hydrazine groups is 1. The molecular formula is C11H11BrN2S. The number of nitrogens with one attached hydrogen (secondary N) is 1. The lowest BCUT2D eigenvalue weighted by molar-refractivity contribution is 0.646. The molecule has 0 spiro atoms. The van der Waals surface area contributed by atoms with Gasteiger partial charge in [0.1, 0.15) is 0 Å². The van der Waals surface area contributed by atoms with Gasteiger partial charge in [-0.3, -0.25) is 5.84 Å². The fourth-order valence-corrected chi connectivity index (χ4v) is 3.00. The summed E-state index contributed by atoms with van der Waals surface area (Å²) >= 11 is 5.13. The highest BCUT2D eigenvalue weighted by atomic mass is 79.9. The Balaban J connectivity index is 2.33. The van der Waals surface area contributed by atoms with Crippen LogP contribution in [0.5, 0.6) is 0 Å². The fraction of sp³-hybridized carbons (Fsp3) is 0.0909. The van der Waals surface area contributed by atoms with Gasteiger partial charge in [-0.25, -0.2) is 5.43 Å². The Morgan fingerprint density at radius 2 is 2.00 bits per heavy atom. The van der Waals surface area contributed by atoms with Crippen LogP contribution >= 0.6 is 27.3 Å². The summed E-state index contributed by atoms with van der Waals surface area (Å²) in [4.78, 5) is 1.20. The van der Waals surface area contributed by atoms with Gasteiger partial charge in [0, 0.05) is 14.7 Å². The van der Waals surface area contributed by atoms with Gasteiger partial charge in [0.25, 0.3) is 0 Å². The van der Waals surface area contributed by atoms with Gasteiger partial charge in [-0.15, -0.1) is 11.3 Å². The second kappa shape index (κ2) is 4.90. The lowest BCUT2D eigenvalue weighted by Gasteiger charge is -2.14. The van der Waals surface area contributed by atoms with Crippen molar-refractivity contribution in [1.29, 1.82) is 0 Å². The molecular weight excluding hydrogens is 272 g/mol. The summed E-state index contributed by atoms with van der Waals surface area (Å²) in [6.07, 6.45) is 0. The van der Waals surface area contributed by atoms with E-state index in [0.29, 0.717) is 0 Å². The van der Waals surface area contributed by atoms with Crippen LogP contribution in [0.3, 0.4) is 0 Å². The van der Waals surface area contributed by atoms with Gasteiger partial charge in [0.2, 0.25) is 0 Å². The van der Waals surface area contributed by atoms with Crippen LogP contribution in [0.4, 0.5) is 0 Å². The zero-order valence-electron chi connectivity index (χ0n) is 7.98. The normalized spacial score (nSPS) is 12.7. The van der Waals surface area contributed by atoms with Crippen molar-refractivity contribution in [3.8, 4) is 0 Å². The molecule has 1 heterocycles. The molecule has 0 amide bonds. The molecule has 0 aliphatic heterocycles. The molecule has 3 N–H and O–H groups in total. The van der Waals surface area contributed by atoms with Crippen molar-refractivity contribution in [1.82, 2.24) is 5.43 Å². The molecule has 15 heavy (non-hydrogen) atoms. The molecule has 78 valence electrons. The van der Waals surface area contributed by atoms with E-state index in [1.54, 1.807) is 11.3 Å². The van der Waals surface area contributed by atoms with Crippen LogP contribution < -0.4 is 11.3 Å². The molecule has 0 saturated carbocycles. The molecule has 0 saturated heterocycles. The molecule has 0 aliphatic rings. The third kappa shape index (κ3) is 2.46. The standard InChI is InChI=1S/C11H11BrN2S/c12-9-6-10(15-7-9)11(14-13)8-4-2-1-3-5-8/h1-7,11,14H,13H2. The average molecular weight is 283 g/mol. The minimum absolute atomic E-state index is 0.0718. The van der Waals surface area contributed by atoms with Crippen molar-refractivity contribution in [2.75, 3.05) is 0 Å². The second-order valence-electron chi connectivity index (χ2n) is 3.18. The van der Waals surface area contributed by atoms with E-state index in [9.17, 15) is 0 Å². The molecule has 1 aromatic carbocycles. The summed E-state index contributed by atoms with van der Waals surface area (Å²) in [5, 5.41) is 2.06. The molecule has 1 atom stereocenters. The maximum Gasteiger partial charge on any atom is 0.0802 e. The SMILES string of the molecule is NNC(c1ccccc1)c1cc(Br)cs1. The van der Waals surface area contributed by atoms with E-state index in [-0.39, 0.29) is 6.04 Å². The number of hydrogen-bond acceptors (Lipinski definition) is 3. The first kappa shape index (κ1) is 10.8. The third-order valence-corrected chi connectivity index (χ3v) is 3.93. The van der Waals surface area contributed by atoms with Crippen molar-refractivity contribution >= 4 is 27.3 Å². The Kier molecular flexibility index (Phi) is 3.53. The summed E-state index contributed by atoms with van der Waals surface area (Å²) in [6, 6.07) is 12.3. The Hall–Kier alpha value is -0.680. The summed E-state index contributed by atoms with van der Waals surface area (Å²) in [6.45, 7) is 0. The van der Waals surface area contributed by atoms with Crippen LogP contribution in [0.15, 0.2) is 46.3 Å². The highest BCUT2D eigenvalue weighted by Gasteiger charge is 2.13. The van der Waals surface area contributed by atoms with Crippen molar-refractivity contribution in [2.45, 2.75) is 6.04 Å². The van der Waals surface area contributed by atoms with Gasteiger partial charge in [-0.05, 0) is 27.6 Å². The van der Waals surface area contributed by atoms with E-state index in [2.05, 4.69) is 44.9 Å². The molecule has 0 bridgehead atoms. The van der Waals surface area contributed by atoms with E-state index in [1.165, 1.54) is 10.4 Å². The van der Waals surface area contributed by atoms with E-state index in [0.717, 1.165) is 4.47 Å². The van der Waals surface area contributed by atoms with Gasteiger partial charge >= 0.3 is 0 Å². The maximum atomic E-state index is 5.59. The van der Waals surface area contributed by atoms with Gasteiger partial charge < -0.3 is 0 Å². The first-order valence-electron chi connectivity index (χ1n) is 4.56. The van der Waals surface area contributed by atoms with Crippen molar-refractivity contribution < 1.29 is 0 Å². The minimum Gasteiger partial charge on any atom is -0.271 e. The van der Waals surface area contributed by atoms with Crippen LogP contribution in [0.1, 0.15) is 16.5 Å². The summed E-state index contributed by atoms with van der Waals surface area (Å²) in [5.41, 5.74) is 4.01. The minimum atomic E-state index is 0.0718. The first-order valence-corrected chi connectivity index (χ1v) is 6.23. The molecule has 2 aromatic rings. The average Bonchev–Trinajstić information content (AvgIpc) is 2.68. The van der Waals surface area contributed by atoms with Crippen molar-refractivity contribution in [3.63, 3.8) is 0 Å². The largest absolute Gasteiger partial charge is 0.271 e. The van der Waals surface area contributed by atoms with E-state index >= 15 is 0 Å². The summed E-state index contributed by atoms with van der Waals surface area (Å²) in [7, 11) is 0. The van der Waals surface area contributed by atoms with Crippen LogP contribution in [0.2, 0.25) is 0 Å². The maximum absolute atomic E-state index is 5.59. The van der Waals surface area contributed by atoms with Crippen LogP contribution in [-0.4, -0.2) is 0 Å². The molecule has 0 radical (unpaired) electrons. The molecule has 0 fully saturated rings. The molecule has 1 aromatic heterocycles. The highest BCUT2D eigenvalue weighted by molar-refractivity contribution is 9.10. The Bertz CT molecular complexity index is 427. The quantitative estimate of drug-likeness (QED) is 0.671. The number of benzene rings is 1. The number of hydrogen-bond donors (Lipinski definition) is 2. The monoisotopic (exact) mass is 282 g/mol. The Labute approximate surface area is 101 Å². The van der Waals surface area contributed by atoms with E-state index < -0.39 is 0 Å². The highest BCUT2D eigenvalue weighted by Crippen LogP contribution is 2.29. The lowest BCUT2D eigenvalue weighted by Crippen LogP contribution is -2.28. The molecule has 0 aliphatic carbocycles. The van der Waals surface area contributed by atoms with E-state index in [1.807, 2.05) is 18.2 Å². The third-order valence-electron chi connectivity index (χ3n) is 2.17. The fourth-order valence-electron chi connectivity index (χ4n) is 1.47. The zero-order valence-corrected chi connectivity index (χ0v) is 10.4. The second-order valence-corrected chi connectivity index (χ2v) is 5.04.